The molecule has 0 fully saturated rings. The number of benzene rings is 6. The molecule has 0 radical (unpaired) electrons. The van der Waals surface area contributed by atoms with Gasteiger partial charge in [0.15, 0.2) is 0 Å². The van der Waals surface area contributed by atoms with Crippen LogP contribution in [-0.2, 0) is 5.41 Å². The molecule has 0 aliphatic rings. The van der Waals surface area contributed by atoms with Crippen LogP contribution in [0.1, 0.15) is 43.0 Å². The largest absolute Gasteiger partial charge is 0.322 e. The molecule has 0 saturated carbocycles. The Morgan fingerprint density at radius 2 is 0.628 bits per heavy atom. The van der Waals surface area contributed by atoms with Crippen LogP contribution >= 0.6 is 0 Å². The summed E-state index contributed by atoms with van der Waals surface area (Å²) < 4.78 is 0. The number of hydrogen-bond donors (Lipinski definition) is 2. The monoisotopic (exact) mass is 558 g/mol. The summed E-state index contributed by atoms with van der Waals surface area (Å²) in [7, 11) is 0. The number of carbonyl (C=O) groups excluding carboxylic acids is 2. The van der Waals surface area contributed by atoms with Gasteiger partial charge < -0.3 is 10.6 Å². The second kappa shape index (κ2) is 12.4. The molecule has 0 unspecified atom stereocenters. The molecule has 4 heteroatoms. The second-order valence-corrected chi connectivity index (χ2v) is 10.3. The molecule has 0 heterocycles. The number of anilines is 2. The molecule has 6 aromatic carbocycles. The predicted octanol–water partition coefficient (Wildman–Crippen LogP) is 8.57. The molecule has 0 bridgehead atoms. The van der Waals surface area contributed by atoms with Gasteiger partial charge in [0.2, 0.25) is 0 Å². The SMILES string of the molecule is O=C(Nc1ccc(C(c2ccccc2)(c2ccccc2)c2ccc(NC(=O)c3ccccc3)cc2)cc1)c1ccccc1. The quantitative estimate of drug-likeness (QED) is 0.184. The van der Waals surface area contributed by atoms with E-state index in [1.807, 2.05) is 72.8 Å². The van der Waals surface area contributed by atoms with Gasteiger partial charge >= 0.3 is 0 Å². The molecule has 0 atom stereocenters. The smallest absolute Gasteiger partial charge is 0.255 e. The molecule has 43 heavy (non-hydrogen) atoms. The van der Waals surface area contributed by atoms with Gasteiger partial charge in [0.25, 0.3) is 11.8 Å². The van der Waals surface area contributed by atoms with E-state index < -0.39 is 5.41 Å². The molecule has 0 saturated heterocycles. The van der Waals surface area contributed by atoms with E-state index in [0.717, 1.165) is 22.3 Å². The summed E-state index contributed by atoms with van der Waals surface area (Å²) in [6.07, 6.45) is 0. The highest BCUT2D eigenvalue weighted by Crippen LogP contribution is 2.45. The Morgan fingerprint density at radius 1 is 0.349 bits per heavy atom. The van der Waals surface area contributed by atoms with Crippen LogP contribution in [0, 0.1) is 0 Å². The lowest BCUT2D eigenvalue weighted by molar-refractivity contribution is 0.101. The molecule has 0 spiro atoms. The first-order valence-electron chi connectivity index (χ1n) is 14.2. The summed E-state index contributed by atoms with van der Waals surface area (Å²) in [5.41, 5.74) is 6.27. The maximum atomic E-state index is 12.8. The summed E-state index contributed by atoms with van der Waals surface area (Å²) in [6, 6.07) is 55.3. The molecule has 4 nitrogen and oxygen atoms in total. The second-order valence-electron chi connectivity index (χ2n) is 10.3. The average Bonchev–Trinajstić information content (AvgIpc) is 3.08. The summed E-state index contributed by atoms with van der Waals surface area (Å²) in [5.74, 6) is -0.308. The van der Waals surface area contributed by atoms with Crippen molar-refractivity contribution in [3.63, 3.8) is 0 Å². The Labute approximate surface area is 251 Å². The van der Waals surface area contributed by atoms with Crippen molar-refractivity contribution in [1.29, 1.82) is 0 Å². The van der Waals surface area contributed by atoms with Crippen molar-refractivity contribution >= 4 is 23.2 Å². The van der Waals surface area contributed by atoms with Gasteiger partial charge in [0, 0.05) is 22.5 Å². The Bertz CT molecular complexity index is 1660. The van der Waals surface area contributed by atoms with Crippen LogP contribution in [0.4, 0.5) is 11.4 Å². The lowest BCUT2D eigenvalue weighted by Crippen LogP contribution is -2.31. The molecule has 2 N–H and O–H groups in total. The molecule has 0 aromatic heterocycles. The number of carbonyl (C=O) groups is 2. The van der Waals surface area contributed by atoms with Crippen molar-refractivity contribution in [2.45, 2.75) is 5.41 Å². The number of nitrogens with one attached hydrogen (secondary N) is 2. The minimum absolute atomic E-state index is 0.154. The van der Waals surface area contributed by atoms with Gasteiger partial charge in [-0.15, -0.1) is 0 Å². The third-order valence-electron chi connectivity index (χ3n) is 7.64. The average molecular weight is 559 g/mol. The first kappa shape index (κ1) is 27.4. The predicted molar refractivity (Wildman–Crippen MR) is 174 cm³/mol. The van der Waals surface area contributed by atoms with Gasteiger partial charge in [-0.3, -0.25) is 9.59 Å². The fraction of sp³-hybridized carbons (Fsp3) is 0.0256. The summed E-state index contributed by atoms with van der Waals surface area (Å²) in [4.78, 5) is 25.6. The maximum Gasteiger partial charge on any atom is 0.255 e. The fourth-order valence-corrected chi connectivity index (χ4v) is 5.57. The van der Waals surface area contributed by atoms with Crippen molar-refractivity contribution in [2.75, 3.05) is 10.6 Å². The van der Waals surface area contributed by atoms with Crippen molar-refractivity contribution in [1.82, 2.24) is 0 Å². The molecule has 6 rings (SSSR count). The van der Waals surface area contributed by atoms with E-state index in [2.05, 4.69) is 83.4 Å². The van der Waals surface area contributed by atoms with Gasteiger partial charge in [-0.1, -0.05) is 121 Å². The first-order chi connectivity index (χ1) is 21.1. The Kier molecular flexibility index (Phi) is 7.92. The van der Waals surface area contributed by atoms with Crippen molar-refractivity contribution in [3.05, 3.63) is 203 Å². The van der Waals surface area contributed by atoms with Crippen LogP contribution in [0.3, 0.4) is 0 Å². The van der Waals surface area contributed by atoms with Crippen molar-refractivity contribution in [2.24, 2.45) is 0 Å². The van der Waals surface area contributed by atoms with Crippen molar-refractivity contribution in [3.8, 4) is 0 Å². The van der Waals surface area contributed by atoms with Crippen LogP contribution < -0.4 is 10.6 Å². The van der Waals surface area contributed by atoms with E-state index in [1.165, 1.54) is 0 Å². The third kappa shape index (κ3) is 5.72. The lowest BCUT2D eigenvalue weighted by atomic mass is 9.65. The van der Waals surface area contributed by atoms with E-state index in [1.54, 1.807) is 24.3 Å². The molecule has 208 valence electrons. The molecule has 0 aliphatic carbocycles. The highest BCUT2D eigenvalue weighted by Gasteiger charge is 2.38. The van der Waals surface area contributed by atoms with E-state index in [4.69, 9.17) is 0 Å². The van der Waals surface area contributed by atoms with Gasteiger partial charge in [0.05, 0.1) is 5.41 Å². The molecule has 2 amide bonds. The van der Waals surface area contributed by atoms with E-state index in [-0.39, 0.29) is 11.8 Å². The van der Waals surface area contributed by atoms with Gasteiger partial charge in [-0.05, 0) is 70.8 Å². The number of hydrogen-bond acceptors (Lipinski definition) is 2. The fourth-order valence-electron chi connectivity index (χ4n) is 5.57. The van der Waals surface area contributed by atoms with Gasteiger partial charge in [-0.2, -0.15) is 0 Å². The number of rotatable bonds is 8. The van der Waals surface area contributed by atoms with Crippen LogP contribution in [0.15, 0.2) is 170 Å². The van der Waals surface area contributed by atoms with E-state index in [9.17, 15) is 9.59 Å². The molecule has 0 aliphatic heterocycles. The lowest BCUT2D eigenvalue weighted by Gasteiger charge is -2.37. The maximum absolute atomic E-state index is 12.8. The van der Waals surface area contributed by atoms with Crippen LogP contribution in [0.2, 0.25) is 0 Å². The summed E-state index contributed by atoms with van der Waals surface area (Å²) in [5, 5.41) is 6.03. The highest BCUT2D eigenvalue weighted by molar-refractivity contribution is 6.04. The zero-order valence-corrected chi connectivity index (χ0v) is 23.5. The Morgan fingerprint density at radius 3 is 0.953 bits per heavy atom. The van der Waals surface area contributed by atoms with E-state index in [0.29, 0.717) is 22.5 Å². The van der Waals surface area contributed by atoms with Crippen molar-refractivity contribution < 1.29 is 9.59 Å². The van der Waals surface area contributed by atoms with Gasteiger partial charge in [-0.25, -0.2) is 0 Å². The van der Waals surface area contributed by atoms with Crippen LogP contribution in [0.5, 0.6) is 0 Å². The van der Waals surface area contributed by atoms with Crippen LogP contribution in [-0.4, -0.2) is 11.8 Å². The minimum Gasteiger partial charge on any atom is -0.322 e. The number of amides is 2. The summed E-state index contributed by atoms with van der Waals surface area (Å²) in [6.45, 7) is 0. The zero-order chi connectivity index (χ0) is 29.5. The molecule has 6 aromatic rings. The molecular weight excluding hydrogens is 528 g/mol. The standard InChI is InChI=1S/C39H30N2O2/c42-37(29-13-5-1-6-14-29)40-35-25-21-33(22-26-35)39(31-17-9-3-10-18-31,32-19-11-4-12-20-32)34-23-27-36(28-24-34)41-38(43)30-15-7-2-8-16-30/h1-28H,(H,40,42)(H,41,43). The van der Waals surface area contributed by atoms with Crippen LogP contribution in [0.25, 0.3) is 0 Å². The van der Waals surface area contributed by atoms with Gasteiger partial charge in [0.1, 0.15) is 0 Å². The normalized spacial score (nSPS) is 11.0. The Balaban J connectivity index is 1.41. The Hall–Kier alpha value is -5.74. The zero-order valence-electron chi connectivity index (χ0n) is 23.5. The molecular formula is C39H30N2O2. The summed E-state index contributed by atoms with van der Waals surface area (Å²) >= 11 is 0. The topological polar surface area (TPSA) is 58.2 Å². The highest BCUT2D eigenvalue weighted by atomic mass is 16.2. The van der Waals surface area contributed by atoms with E-state index >= 15 is 0 Å². The third-order valence-corrected chi connectivity index (χ3v) is 7.64. The minimum atomic E-state index is -0.660. The first-order valence-corrected chi connectivity index (χ1v) is 14.2.